The number of amides is 2. The molecule has 180 valence electrons. The molecule has 0 radical (unpaired) electrons. The van der Waals surface area contributed by atoms with Gasteiger partial charge in [-0.05, 0) is 72.6 Å². The van der Waals surface area contributed by atoms with Crippen LogP contribution in [0.3, 0.4) is 0 Å². The lowest BCUT2D eigenvalue weighted by atomic mass is 9.98. The highest BCUT2D eigenvalue weighted by Gasteiger charge is 2.38. The minimum atomic E-state index is -4.78. The topological polar surface area (TPSA) is 82.1 Å². The first-order chi connectivity index (χ1) is 15.2. The van der Waals surface area contributed by atoms with Crippen molar-refractivity contribution in [2.45, 2.75) is 39.5 Å². The number of nitrogens with zero attached hydrogens (tertiary/aromatic N) is 1. The number of rotatable bonds is 5. The molecular weight excluding hydrogens is 511 g/mol. The number of fused-ring (bicyclic) bond motifs is 1. The Bertz CT molecular complexity index is 1080. The summed E-state index contributed by atoms with van der Waals surface area (Å²) >= 11 is 3.17. The molecule has 0 aliphatic carbocycles. The Balaban J connectivity index is 2.68. The van der Waals surface area contributed by atoms with Crippen molar-refractivity contribution in [3.05, 3.63) is 39.9 Å². The van der Waals surface area contributed by atoms with Crippen molar-refractivity contribution in [3.8, 4) is 5.75 Å². The molecule has 33 heavy (non-hydrogen) atoms. The predicted octanol–water partition coefficient (Wildman–Crippen LogP) is 5.57. The van der Waals surface area contributed by atoms with Crippen LogP contribution >= 0.6 is 15.9 Å². The van der Waals surface area contributed by atoms with Crippen molar-refractivity contribution in [3.63, 3.8) is 0 Å². The van der Waals surface area contributed by atoms with Gasteiger partial charge in [0.1, 0.15) is 23.5 Å². The summed E-state index contributed by atoms with van der Waals surface area (Å²) in [4.78, 5) is 38.7. The van der Waals surface area contributed by atoms with E-state index in [2.05, 4.69) is 15.9 Å². The molecule has 0 unspecified atom stereocenters. The molecule has 0 spiro atoms. The van der Waals surface area contributed by atoms with Gasteiger partial charge in [0.05, 0.1) is 19.3 Å². The molecule has 0 aliphatic rings. The standard InChI is InChI=1S/C22H23BrF3NO6/c1-6-32-20(30)27(11-16(28)33-21(2,3)4)19(29)17-12-8-10-15(31-5)18(22(24,25)26)13(12)7-9-14(17)23/h7-10H,6,11H2,1-5H3. The zero-order valence-corrected chi connectivity index (χ0v) is 20.2. The lowest BCUT2D eigenvalue weighted by Crippen LogP contribution is -2.43. The number of hydrogen-bond acceptors (Lipinski definition) is 6. The number of carbonyl (C=O) groups is 3. The molecule has 0 bridgehead atoms. The number of carbonyl (C=O) groups excluding carboxylic acids is 3. The second-order valence-electron chi connectivity index (χ2n) is 7.83. The van der Waals surface area contributed by atoms with Gasteiger partial charge < -0.3 is 14.2 Å². The second kappa shape index (κ2) is 9.98. The largest absolute Gasteiger partial charge is 0.496 e. The number of methoxy groups -OCH3 is 1. The molecule has 0 atom stereocenters. The van der Waals surface area contributed by atoms with Crippen molar-refractivity contribution in [1.82, 2.24) is 4.90 Å². The van der Waals surface area contributed by atoms with Gasteiger partial charge in [-0.15, -0.1) is 0 Å². The Kier molecular flexibility index (Phi) is 8.00. The molecule has 2 aromatic rings. The summed E-state index contributed by atoms with van der Waals surface area (Å²) < 4.78 is 56.4. The van der Waals surface area contributed by atoms with Crippen LogP contribution in [0.5, 0.6) is 5.75 Å². The Labute approximate surface area is 196 Å². The number of esters is 1. The first-order valence-corrected chi connectivity index (χ1v) is 10.6. The Morgan fingerprint density at radius 1 is 1.03 bits per heavy atom. The van der Waals surface area contributed by atoms with Gasteiger partial charge in [0.25, 0.3) is 5.91 Å². The maximum atomic E-state index is 13.8. The highest BCUT2D eigenvalue weighted by molar-refractivity contribution is 9.10. The van der Waals surface area contributed by atoms with E-state index in [1.165, 1.54) is 25.1 Å². The molecule has 0 heterocycles. The third-order valence-electron chi connectivity index (χ3n) is 4.27. The minimum absolute atomic E-state index is 0.0942. The van der Waals surface area contributed by atoms with E-state index in [1.54, 1.807) is 20.8 Å². The molecule has 2 amide bonds. The van der Waals surface area contributed by atoms with Crippen LogP contribution in [0.15, 0.2) is 28.7 Å². The van der Waals surface area contributed by atoms with Gasteiger partial charge in [0, 0.05) is 4.47 Å². The van der Waals surface area contributed by atoms with Crippen LogP contribution in [0.4, 0.5) is 18.0 Å². The molecule has 0 saturated carbocycles. The van der Waals surface area contributed by atoms with Crippen molar-refractivity contribution in [2.24, 2.45) is 0 Å². The third kappa shape index (κ3) is 6.16. The summed E-state index contributed by atoms with van der Waals surface area (Å²) in [6.45, 7) is 5.44. The van der Waals surface area contributed by atoms with Crippen LogP contribution in [0.1, 0.15) is 43.6 Å². The fraction of sp³-hybridized carbons (Fsp3) is 0.409. The minimum Gasteiger partial charge on any atom is -0.496 e. The summed E-state index contributed by atoms with van der Waals surface area (Å²) in [6.07, 6.45) is -5.92. The first kappa shape index (κ1) is 26.4. The molecule has 0 N–H and O–H groups in total. The number of benzene rings is 2. The Morgan fingerprint density at radius 3 is 2.15 bits per heavy atom. The number of halogens is 4. The maximum absolute atomic E-state index is 13.8. The average molecular weight is 534 g/mol. The fourth-order valence-corrected chi connectivity index (χ4v) is 3.61. The normalized spacial score (nSPS) is 11.8. The number of ether oxygens (including phenoxy) is 3. The SMILES string of the molecule is CCOC(=O)N(CC(=O)OC(C)(C)C)C(=O)c1c(Br)ccc2c(C(F)(F)F)c(OC)ccc12. The fourth-order valence-electron chi connectivity index (χ4n) is 3.10. The van der Waals surface area contributed by atoms with E-state index >= 15 is 0 Å². The van der Waals surface area contributed by atoms with Crippen molar-refractivity contribution < 1.29 is 41.8 Å². The maximum Gasteiger partial charge on any atom is 0.420 e. The quantitative estimate of drug-likeness (QED) is 0.467. The molecule has 2 rings (SSSR count). The highest BCUT2D eigenvalue weighted by Crippen LogP contribution is 2.43. The van der Waals surface area contributed by atoms with Gasteiger partial charge >= 0.3 is 18.2 Å². The molecule has 11 heteroatoms. The molecular formula is C22H23BrF3NO6. The Morgan fingerprint density at radius 2 is 1.64 bits per heavy atom. The number of hydrogen-bond donors (Lipinski definition) is 0. The van der Waals surface area contributed by atoms with Crippen molar-refractivity contribution >= 4 is 44.7 Å². The number of imide groups is 1. The zero-order valence-electron chi connectivity index (χ0n) is 18.6. The average Bonchev–Trinajstić information content (AvgIpc) is 2.68. The lowest BCUT2D eigenvalue weighted by molar-refractivity contribution is -0.155. The summed E-state index contributed by atoms with van der Waals surface area (Å²) in [7, 11) is 1.10. The molecule has 0 aliphatic heterocycles. The van der Waals surface area contributed by atoms with E-state index in [4.69, 9.17) is 14.2 Å². The molecule has 0 saturated heterocycles. The van der Waals surface area contributed by atoms with E-state index < -0.39 is 47.6 Å². The number of alkyl halides is 3. The van der Waals surface area contributed by atoms with Gasteiger partial charge in [0.15, 0.2) is 0 Å². The zero-order chi connectivity index (χ0) is 25.1. The van der Waals surface area contributed by atoms with Gasteiger partial charge in [0.2, 0.25) is 0 Å². The smallest absolute Gasteiger partial charge is 0.420 e. The third-order valence-corrected chi connectivity index (χ3v) is 4.93. The molecule has 0 fully saturated rings. The van der Waals surface area contributed by atoms with Gasteiger partial charge in [-0.1, -0.05) is 6.07 Å². The summed E-state index contributed by atoms with van der Waals surface area (Å²) in [5, 5.41) is -0.407. The van der Waals surface area contributed by atoms with Crippen LogP contribution in [0, 0.1) is 0 Å². The molecule has 0 aromatic heterocycles. The van der Waals surface area contributed by atoms with Crippen LogP contribution in [0.2, 0.25) is 0 Å². The predicted molar refractivity (Wildman–Crippen MR) is 117 cm³/mol. The van der Waals surface area contributed by atoms with E-state index in [0.717, 1.165) is 13.2 Å². The van der Waals surface area contributed by atoms with Crippen molar-refractivity contribution in [2.75, 3.05) is 20.3 Å². The van der Waals surface area contributed by atoms with Crippen molar-refractivity contribution in [1.29, 1.82) is 0 Å². The summed E-state index contributed by atoms with van der Waals surface area (Å²) in [6, 6.07) is 4.79. The van der Waals surface area contributed by atoms with E-state index in [9.17, 15) is 27.6 Å². The highest BCUT2D eigenvalue weighted by atomic mass is 79.9. The monoisotopic (exact) mass is 533 g/mol. The van der Waals surface area contributed by atoms with Crippen LogP contribution in [-0.4, -0.2) is 48.7 Å². The summed E-state index contributed by atoms with van der Waals surface area (Å²) in [5.74, 6) is -2.35. The van der Waals surface area contributed by atoms with Gasteiger partial charge in [-0.2, -0.15) is 13.2 Å². The van der Waals surface area contributed by atoms with Crippen LogP contribution in [0.25, 0.3) is 10.8 Å². The van der Waals surface area contributed by atoms with E-state index in [0.29, 0.717) is 4.90 Å². The van der Waals surface area contributed by atoms with Gasteiger partial charge in [-0.25, -0.2) is 9.69 Å². The summed E-state index contributed by atoms with van der Waals surface area (Å²) in [5.41, 5.74) is -2.21. The van der Waals surface area contributed by atoms with E-state index in [1.807, 2.05) is 0 Å². The Hall–Kier alpha value is -2.82. The lowest BCUT2D eigenvalue weighted by Gasteiger charge is -2.24. The molecule has 2 aromatic carbocycles. The van der Waals surface area contributed by atoms with Crippen LogP contribution in [-0.2, 0) is 20.4 Å². The molecule has 7 nitrogen and oxygen atoms in total. The first-order valence-electron chi connectivity index (χ1n) is 9.78. The van der Waals surface area contributed by atoms with Gasteiger partial charge in [-0.3, -0.25) is 9.59 Å². The van der Waals surface area contributed by atoms with E-state index in [-0.39, 0.29) is 27.4 Å². The second-order valence-corrected chi connectivity index (χ2v) is 8.69. The van der Waals surface area contributed by atoms with Crippen LogP contribution < -0.4 is 4.74 Å².